The molecule has 0 aromatic heterocycles. The van der Waals surface area contributed by atoms with Gasteiger partial charge in [0.2, 0.25) is 0 Å². The SMILES string of the molecule is CCC(C)N1CCNCc2ccccc21.Cl. The summed E-state index contributed by atoms with van der Waals surface area (Å²) in [7, 11) is 0. The molecule has 3 heteroatoms. The third kappa shape index (κ3) is 2.69. The fourth-order valence-corrected chi connectivity index (χ4v) is 2.16. The zero-order valence-electron chi connectivity index (χ0n) is 10.1. The average Bonchev–Trinajstić information content (AvgIpc) is 2.50. The molecule has 0 spiro atoms. The zero-order valence-corrected chi connectivity index (χ0v) is 10.9. The summed E-state index contributed by atoms with van der Waals surface area (Å²) >= 11 is 0. The lowest BCUT2D eigenvalue weighted by Gasteiger charge is -2.30. The van der Waals surface area contributed by atoms with Crippen LogP contribution in [-0.2, 0) is 6.54 Å². The van der Waals surface area contributed by atoms with Gasteiger partial charge in [-0.1, -0.05) is 25.1 Å². The van der Waals surface area contributed by atoms with Crippen molar-refractivity contribution in [3.05, 3.63) is 29.8 Å². The fraction of sp³-hybridized carbons (Fsp3) is 0.538. The van der Waals surface area contributed by atoms with Crippen molar-refractivity contribution in [3.8, 4) is 0 Å². The number of anilines is 1. The number of benzene rings is 1. The Bertz CT molecular complexity index is 327. The predicted molar refractivity (Wildman–Crippen MR) is 72.5 cm³/mol. The first-order valence-corrected chi connectivity index (χ1v) is 5.88. The second kappa shape index (κ2) is 6.12. The van der Waals surface area contributed by atoms with Gasteiger partial charge in [0.1, 0.15) is 0 Å². The molecule has 0 amide bonds. The van der Waals surface area contributed by atoms with Gasteiger partial charge in [-0.2, -0.15) is 0 Å². The Kier molecular flexibility index (Phi) is 5.10. The van der Waals surface area contributed by atoms with Crippen LogP contribution in [0.4, 0.5) is 5.69 Å². The molecule has 1 aliphatic rings. The summed E-state index contributed by atoms with van der Waals surface area (Å²) in [5, 5.41) is 3.47. The van der Waals surface area contributed by atoms with Gasteiger partial charge < -0.3 is 10.2 Å². The minimum atomic E-state index is 0. The van der Waals surface area contributed by atoms with Crippen LogP contribution in [0.1, 0.15) is 25.8 Å². The largest absolute Gasteiger partial charge is 0.367 e. The molecule has 0 saturated carbocycles. The van der Waals surface area contributed by atoms with E-state index in [-0.39, 0.29) is 12.4 Å². The lowest BCUT2D eigenvalue weighted by atomic mass is 10.1. The first-order valence-electron chi connectivity index (χ1n) is 5.88. The van der Waals surface area contributed by atoms with Crippen LogP contribution in [0.3, 0.4) is 0 Å². The maximum absolute atomic E-state index is 3.47. The first-order chi connectivity index (χ1) is 7.33. The monoisotopic (exact) mass is 240 g/mol. The molecule has 2 nitrogen and oxygen atoms in total. The molecular formula is C13H21ClN2. The van der Waals surface area contributed by atoms with Gasteiger partial charge in [0.15, 0.2) is 0 Å². The zero-order chi connectivity index (χ0) is 10.7. The number of halogens is 1. The Morgan fingerprint density at radius 1 is 1.38 bits per heavy atom. The van der Waals surface area contributed by atoms with E-state index in [2.05, 4.69) is 48.3 Å². The van der Waals surface area contributed by atoms with Crippen molar-refractivity contribution in [1.29, 1.82) is 0 Å². The number of hydrogen-bond donors (Lipinski definition) is 1. The predicted octanol–water partition coefficient (Wildman–Crippen LogP) is 2.82. The first kappa shape index (κ1) is 13.3. The van der Waals surface area contributed by atoms with Gasteiger partial charge in [0.25, 0.3) is 0 Å². The number of nitrogens with zero attached hydrogens (tertiary/aromatic N) is 1. The molecule has 1 aromatic rings. The number of nitrogens with one attached hydrogen (secondary N) is 1. The molecule has 0 saturated heterocycles. The molecule has 0 fully saturated rings. The van der Waals surface area contributed by atoms with Crippen molar-refractivity contribution in [2.45, 2.75) is 32.9 Å². The highest BCUT2D eigenvalue weighted by Gasteiger charge is 2.17. The van der Waals surface area contributed by atoms with Crippen molar-refractivity contribution in [1.82, 2.24) is 5.32 Å². The van der Waals surface area contributed by atoms with Crippen molar-refractivity contribution in [3.63, 3.8) is 0 Å². The van der Waals surface area contributed by atoms with Crippen molar-refractivity contribution < 1.29 is 0 Å². The number of rotatable bonds is 2. The highest BCUT2D eigenvalue weighted by Crippen LogP contribution is 2.24. The molecule has 1 aromatic carbocycles. The molecule has 0 radical (unpaired) electrons. The Balaban J connectivity index is 0.00000128. The van der Waals surface area contributed by atoms with Gasteiger partial charge in [-0.3, -0.25) is 0 Å². The summed E-state index contributed by atoms with van der Waals surface area (Å²) in [6.07, 6.45) is 1.20. The normalized spacial score (nSPS) is 17.0. The van der Waals surface area contributed by atoms with E-state index in [1.165, 1.54) is 17.7 Å². The molecule has 1 unspecified atom stereocenters. The topological polar surface area (TPSA) is 15.3 Å². The fourth-order valence-electron chi connectivity index (χ4n) is 2.16. The van der Waals surface area contributed by atoms with Crippen LogP contribution in [0.25, 0.3) is 0 Å². The van der Waals surface area contributed by atoms with Crippen LogP contribution in [0.5, 0.6) is 0 Å². The van der Waals surface area contributed by atoms with E-state index < -0.39 is 0 Å². The Labute approximate surface area is 104 Å². The lowest BCUT2D eigenvalue weighted by Crippen LogP contribution is -2.36. The second-order valence-corrected chi connectivity index (χ2v) is 4.26. The maximum atomic E-state index is 3.47. The van der Waals surface area contributed by atoms with Crippen molar-refractivity contribution in [2.24, 2.45) is 0 Å². The summed E-state index contributed by atoms with van der Waals surface area (Å²) in [5.41, 5.74) is 2.84. The van der Waals surface area contributed by atoms with E-state index in [0.29, 0.717) is 6.04 Å². The van der Waals surface area contributed by atoms with Gasteiger partial charge in [-0.15, -0.1) is 12.4 Å². The lowest BCUT2D eigenvalue weighted by molar-refractivity contribution is 0.602. The minimum Gasteiger partial charge on any atom is -0.367 e. The molecule has 2 rings (SSSR count). The minimum absolute atomic E-state index is 0. The van der Waals surface area contributed by atoms with Crippen LogP contribution in [-0.4, -0.2) is 19.1 Å². The highest BCUT2D eigenvalue weighted by atomic mass is 35.5. The van der Waals surface area contributed by atoms with E-state index in [1.807, 2.05) is 0 Å². The molecule has 0 aliphatic carbocycles. The Hall–Kier alpha value is -0.730. The summed E-state index contributed by atoms with van der Waals surface area (Å²) in [6.45, 7) is 7.77. The van der Waals surface area contributed by atoms with Crippen molar-refractivity contribution in [2.75, 3.05) is 18.0 Å². The maximum Gasteiger partial charge on any atom is 0.0414 e. The van der Waals surface area contributed by atoms with Gasteiger partial charge in [0.05, 0.1) is 0 Å². The molecule has 90 valence electrons. The molecule has 1 aliphatic heterocycles. The summed E-state index contributed by atoms with van der Waals surface area (Å²) < 4.78 is 0. The van der Waals surface area contributed by atoms with Gasteiger partial charge in [0, 0.05) is 31.4 Å². The second-order valence-electron chi connectivity index (χ2n) is 4.26. The van der Waals surface area contributed by atoms with Gasteiger partial charge in [-0.05, 0) is 25.0 Å². The van der Waals surface area contributed by atoms with E-state index in [1.54, 1.807) is 0 Å². The molecule has 1 atom stereocenters. The molecule has 0 bridgehead atoms. The Morgan fingerprint density at radius 2 is 2.12 bits per heavy atom. The van der Waals surface area contributed by atoms with Crippen LogP contribution < -0.4 is 10.2 Å². The van der Waals surface area contributed by atoms with Crippen LogP contribution in [0, 0.1) is 0 Å². The van der Waals surface area contributed by atoms with Crippen LogP contribution >= 0.6 is 12.4 Å². The van der Waals surface area contributed by atoms with E-state index >= 15 is 0 Å². The molecule has 1 N–H and O–H groups in total. The summed E-state index contributed by atoms with van der Waals surface area (Å²) in [5.74, 6) is 0. The van der Waals surface area contributed by atoms with E-state index in [0.717, 1.165) is 19.6 Å². The third-order valence-electron chi connectivity index (χ3n) is 3.27. The van der Waals surface area contributed by atoms with Crippen LogP contribution in [0.15, 0.2) is 24.3 Å². The van der Waals surface area contributed by atoms with Crippen LogP contribution in [0.2, 0.25) is 0 Å². The van der Waals surface area contributed by atoms with E-state index in [4.69, 9.17) is 0 Å². The van der Waals surface area contributed by atoms with Gasteiger partial charge >= 0.3 is 0 Å². The number of fused-ring (bicyclic) bond motifs is 1. The van der Waals surface area contributed by atoms with Gasteiger partial charge in [-0.25, -0.2) is 0 Å². The molecule has 16 heavy (non-hydrogen) atoms. The summed E-state index contributed by atoms with van der Waals surface area (Å²) in [6, 6.07) is 9.36. The third-order valence-corrected chi connectivity index (χ3v) is 3.27. The number of hydrogen-bond acceptors (Lipinski definition) is 2. The standard InChI is InChI=1S/C13H20N2.ClH/c1-3-11(2)15-9-8-14-10-12-6-4-5-7-13(12)15;/h4-7,11,14H,3,8-10H2,1-2H3;1H. The average molecular weight is 241 g/mol. The smallest absolute Gasteiger partial charge is 0.0414 e. The molecular weight excluding hydrogens is 220 g/mol. The van der Waals surface area contributed by atoms with Crippen molar-refractivity contribution >= 4 is 18.1 Å². The summed E-state index contributed by atoms with van der Waals surface area (Å²) in [4.78, 5) is 2.52. The molecule has 1 heterocycles. The van der Waals surface area contributed by atoms with E-state index in [9.17, 15) is 0 Å². The highest BCUT2D eigenvalue weighted by molar-refractivity contribution is 5.85. The quantitative estimate of drug-likeness (QED) is 0.855. The Morgan fingerprint density at radius 3 is 2.88 bits per heavy atom. The number of para-hydroxylation sites is 1.